The van der Waals surface area contributed by atoms with E-state index < -0.39 is 0 Å². The molecule has 2 aliphatic heterocycles. The van der Waals surface area contributed by atoms with Crippen molar-refractivity contribution in [2.45, 2.75) is 70.8 Å². The van der Waals surface area contributed by atoms with Crippen molar-refractivity contribution in [1.82, 2.24) is 10.3 Å². The molecular formula is C19H30BN2O4. The highest BCUT2D eigenvalue weighted by Crippen LogP contribution is 2.34. The Bertz CT molecular complexity index is 616. The molecule has 0 spiro atoms. The SMILES string of the molecule is CC1(C)O[B]OC1(C)C.COc1ncc(C2NCCO2)c2c1CCCC2. The van der Waals surface area contributed by atoms with Crippen LogP contribution in [0, 0.1) is 0 Å². The van der Waals surface area contributed by atoms with E-state index in [0.717, 1.165) is 31.9 Å². The maximum Gasteiger partial charge on any atom is 0.488 e. The van der Waals surface area contributed by atoms with Gasteiger partial charge in [0, 0.05) is 23.9 Å². The highest BCUT2D eigenvalue weighted by molar-refractivity contribution is 6.19. The Morgan fingerprint density at radius 1 is 1.12 bits per heavy atom. The fourth-order valence-corrected chi connectivity index (χ4v) is 3.32. The van der Waals surface area contributed by atoms with Gasteiger partial charge in [-0.25, -0.2) is 4.98 Å². The second-order valence-corrected chi connectivity index (χ2v) is 7.94. The molecule has 1 aliphatic carbocycles. The lowest BCUT2D eigenvalue weighted by Gasteiger charge is -2.32. The third-order valence-electron chi connectivity index (χ3n) is 5.72. The van der Waals surface area contributed by atoms with Crippen LogP contribution in [0.4, 0.5) is 0 Å². The Hall–Kier alpha value is -1.15. The number of methoxy groups -OCH3 is 1. The van der Waals surface area contributed by atoms with Crippen LogP contribution in [0.5, 0.6) is 5.88 Å². The molecule has 0 aromatic carbocycles. The van der Waals surface area contributed by atoms with E-state index in [2.05, 4.69) is 10.3 Å². The van der Waals surface area contributed by atoms with E-state index in [1.54, 1.807) is 7.11 Å². The van der Waals surface area contributed by atoms with Crippen LogP contribution in [0.2, 0.25) is 0 Å². The number of aromatic nitrogens is 1. The van der Waals surface area contributed by atoms with Crippen molar-refractivity contribution < 1.29 is 18.8 Å². The van der Waals surface area contributed by atoms with Crippen molar-refractivity contribution in [3.63, 3.8) is 0 Å². The van der Waals surface area contributed by atoms with Gasteiger partial charge in [-0.05, 0) is 58.9 Å². The summed E-state index contributed by atoms with van der Waals surface area (Å²) in [4.78, 5) is 4.41. The second kappa shape index (κ2) is 7.84. The van der Waals surface area contributed by atoms with Crippen molar-refractivity contribution in [3.05, 3.63) is 22.9 Å². The number of ether oxygens (including phenoxy) is 2. The Morgan fingerprint density at radius 2 is 1.77 bits per heavy atom. The first-order valence-electron chi connectivity index (χ1n) is 9.42. The lowest BCUT2D eigenvalue weighted by atomic mass is 9.89. The van der Waals surface area contributed by atoms with Gasteiger partial charge in [0.15, 0.2) is 0 Å². The number of fused-ring (bicyclic) bond motifs is 1. The van der Waals surface area contributed by atoms with Crippen molar-refractivity contribution in [2.75, 3.05) is 20.3 Å². The van der Waals surface area contributed by atoms with Gasteiger partial charge in [-0.15, -0.1) is 0 Å². The van der Waals surface area contributed by atoms with Crippen molar-refractivity contribution in [1.29, 1.82) is 0 Å². The van der Waals surface area contributed by atoms with E-state index in [9.17, 15) is 0 Å². The molecule has 1 atom stereocenters. The zero-order chi connectivity index (χ0) is 18.8. The Labute approximate surface area is 157 Å². The van der Waals surface area contributed by atoms with Crippen LogP contribution in [0.15, 0.2) is 6.20 Å². The first kappa shape index (κ1) is 19.6. The monoisotopic (exact) mass is 361 g/mol. The lowest BCUT2D eigenvalue weighted by Crippen LogP contribution is -2.41. The largest absolute Gasteiger partial charge is 0.488 e. The van der Waals surface area contributed by atoms with Gasteiger partial charge in [-0.1, -0.05) is 0 Å². The Balaban J connectivity index is 0.000000185. The van der Waals surface area contributed by atoms with Crippen LogP contribution in [0.1, 0.15) is 63.5 Å². The van der Waals surface area contributed by atoms with Crippen LogP contribution in [-0.4, -0.2) is 44.1 Å². The molecule has 143 valence electrons. The average Bonchev–Trinajstić information content (AvgIpc) is 3.22. The van der Waals surface area contributed by atoms with Gasteiger partial charge in [0.05, 0.1) is 24.9 Å². The maximum absolute atomic E-state index is 5.69. The summed E-state index contributed by atoms with van der Waals surface area (Å²) in [5.74, 6) is 0.793. The molecule has 2 saturated heterocycles. The molecule has 1 unspecified atom stereocenters. The highest BCUT2D eigenvalue weighted by Gasteiger charge is 2.44. The van der Waals surface area contributed by atoms with Crippen molar-refractivity contribution in [3.8, 4) is 5.88 Å². The van der Waals surface area contributed by atoms with Crippen molar-refractivity contribution in [2.24, 2.45) is 0 Å². The molecule has 0 saturated carbocycles. The van der Waals surface area contributed by atoms with E-state index >= 15 is 0 Å². The van der Waals surface area contributed by atoms with Crippen LogP contribution in [0.3, 0.4) is 0 Å². The van der Waals surface area contributed by atoms with Gasteiger partial charge in [0.1, 0.15) is 6.23 Å². The number of nitrogens with zero attached hydrogens (tertiary/aromatic N) is 1. The third-order valence-corrected chi connectivity index (χ3v) is 5.72. The summed E-state index contributed by atoms with van der Waals surface area (Å²) in [6.45, 7) is 9.75. The maximum atomic E-state index is 5.69. The summed E-state index contributed by atoms with van der Waals surface area (Å²) in [6.07, 6.45) is 6.61. The van der Waals surface area contributed by atoms with Gasteiger partial charge < -0.3 is 18.8 Å². The normalized spacial score (nSPS) is 25.7. The summed E-state index contributed by atoms with van der Waals surface area (Å²) in [5, 5.41) is 3.36. The molecule has 3 heterocycles. The molecular weight excluding hydrogens is 331 g/mol. The molecule has 7 heteroatoms. The molecule has 0 bridgehead atoms. The summed E-state index contributed by atoms with van der Waals surface area (Å²) < 4.78 is 21.5. The van der Waals surface area contributed by atoms with Gasteiger partial charge >= 0.3 is 7.69 Å². The van der Waals surface area contributed by atoms with E-state index in [-0.39, 0.29) is 17.4 Å². The summed E-state index contributed by atoms with van der Waals surface area (Å²) in [7, 11) is 3.11. The number of pyridine rings is 1. The molecule has 4 rings (SSSR count). The predicted molar refractivity (Wildman–Crippen MR) is 100 cm³/mol. The fourth-order valence-electron chi connectivity index (χ4n) is 3.32. The Morgan fingerprint density at radius 3 is 2.27 bits per heavy atom. The molecule has 1 radical (unpaired) electrons. The number of rotatable bonds is 2. The summed E-state index contributed by atoms with van der Waals surface area (Å²) >= 11 is 0. The number of hydrogen-bond donors (Lipinski definition) is 1. The standard InChI is InChI=1S/C13H18N2O2.C6H12BO2/c1-16-12-10-5-3-2-4-9(10)11(8-15-12)13-14-6-7-17-13;1-5(2)6(3,4)9-7-8-5/h8,13-14H,2-7H2,1H3;1-4H3. The molecule has 26 heavy (non-hydrogen) atoms. The van der Waals surface area contributed by atoms with E-state index in [0.29, 0.717) is 0 Å². The van der Waals surface area contributed by atoms with E-state index in [1.165, 1.54) is 37.2 Å². The summed E-state index contributed by atoms with van der Waals surface area (Å²) in [6, 6.07) is 0. The van der Waals surface area contributed by atoms with Crippen LogP contribution >= 0.6 is 0 Å². The number of nitrogens with one attached hydrogen (secondary N) is 1. The van der Waals surface area contributed by atoms with Crippen LogP contribution in [-0.2, 0) is 26.9 Å². The minimum absolute atomic E-state index is 0.0280. The highest BCUT2D eigenvalue weighted by atomic mass is 16.7. The Kier molecular flexibility index (Phi) is 5.92. The smallest absolute Gasteiger partial charge is 0.481 e. The predicted octanol–water partition coefficient (Wildman–Crippen LogP) is 2.71. The van der Waals surface area contributed by atoms with E-state index in [4.69, 9.17) is 18.8 Å². The van der Waals surface area contributed by atoms with Crippen LogP contribution < -0.4 is 10.1 Å². The molecule has 1 aromatic rings. The summed E-state index contributed by atoms with van der Waals surface area (Å²) in [5.41, 5.74) is 3.51. The van der Waals surface area contributed by atoms with Crippen LogP contribution in [0.25, 0.3) is 0 Å². The first-order chi connectivity index (χ1) is 12.4. The van der Waals surface area contributed by atoms with Crippen molar-refractivity contribution >= 4 is 7.69 Å². The third kappa shape index (κ3) is 3.91. The second-order valence-electron chi connectivity index (χ2n) is 7.94. The molecule has 0 amide bonds. The zero-order valence-corrected chi connectivity index (χ0v) is 16.6. The molecule has 1 N–H and O–H groups in total. The zero-order valence-electron chi connectivity index (χ0n) is 16.6. The first-order valence-corrected chi connectivity index (χ1v) is 9.42. The topological polar surface area (TPSA) is 61.8 Å². The molecule has 1 aromatic heterocycles. The van der Waals surface area contributed by atoms with Gasteiger partial charge in [-0.3, -0.25) is 5.32 Å². The lowest BCUT2D eigenvalue weighted by molar-refractivity contribution is 0.00578. The number of hydrogen-bond acceptors (Lipinski definition) is 6. The van der Waals surface area contributed by atoms with Gasteiger partial charge in [0.25, 0.3) is 0 Å². The van der Waals surface area contributed by atoms with Gasteiger partial charge in [-0.2, -0.15) is 0 Å². The average molecular weight is 361 g/mol. The molecule has 3 aliphatic rings. The molecule has 6 nitrogen and oxygen atoms in total. The quantitative estimate of drug-likeness (QED) is 0.818. The van der Waals surface area contributed by atoms with Gasteiger partial charge in [0.2, 0.25) is 5.88 Å². The minimum atomic E-state index is -0.188. The molecule has 2 fully saturated rings. The fraction of sp³-hybridized carbons (Fsp3) is 0.737. The van der Waals surface area contributed by atoms with E-state index in [1.807, 2.05) is 33.9 Å². The minimum Gasteiger partial charge on any atom is -0.481 e.